The molecule has 2 aliphatic heterocycles. The Bertz CT molecular complexity index is 249. The van der Waals surface area contributed by atoms with Crippen LogP contribution in [0.5, 0.6) is 0 Å². The Balaban J connectivity index is 1.83. The van der Waals surface area contributed by atoms with Crippen molar-refractivity contribution in [1.29, 1.82) is 0 Å². The molecule has 1 N–H and O–H groups in total. The molecule has 0 aromatic rings. The van der Waals surface area contributed by atoms with Gasteiger partial charge in [-0.2, -0.15) is 0 Å². The number of likely N-dealkylation sites (tertiary alicyclic amines) is 1. The van der Waals surface area contributed by atoms with Crippen LogP contribution in [0.4, 0.5) is 0 Å². The van der Waals surface area contributed by atoms with Crippen molar-refractivity contribution in [2.24, 2.45) is 11.8 Å². The Morgan fingerprint density at radius 1 is 1.29 bits per heavy atom. The number of nitrogens with zero attached hydrogens (tertiary/aromatic N) is 1. The van der Waals surface area contributed by atoms with E-state index < -0.39 is 0 Å². The highest BCUT2D eigenvalue weighted by Crippen LogP contribution is 2.23. The molecule has 1 amide bonds. The van der Waals surface area contributed by atoms with Gasteiger partial charge in [-0.15, -0.1) is 0 Å². The zero-order chi connectivity index (χ0) is 12.1. The van der Waals surface area contributed by atoms with Crippen LogP contribution in [0.15, 0.2) is 0 Å². The van der Waals surface area contributed by atoms with E-state index in [1.54, 1.807) is 0 Å². The molecule has 98 valence electrons. The van der Waals surface area contributed by atoms with Gasteiger partial charge in [0.15, 0.2) is 0 Å². The lowest BCUT2D eigenvalue weighted by atomic mass is 9.96. The van der Waals surface area contributed by atoms with E-state index in [0.717, 1.165) is 38.5 Å². The van der Waals surface area contributed by atoms with Gasteiger partial charge in [-0.3, -0.25) is 4.79 Å². The molecule has 2 heterocycles. The minimum atomic E-state index is 0.262. The quantitative estimate of drug-likeness (QED) is 0.816. The smallest absolute Gasteiger partial charge is 0.227 e. The highest BCUT2D eigenvalue weighted by molar-refractivity contribution is 5.79. The number of hydrogen-bond donors (Lipinski definition) is 1. The maximum Gasteiger partial charge on any atom is 0.227 e. The van der Waals surface area contributed by atoms with Crippen LogP contribution in [0.2, 0.25) is 0 Å². The maximum atomic E-state index is 12.3. The highest BCUT2D eigenvalue weighted by atomic mass is 16.2. The molecule has 3 nitrogen and oxygen atoms in total. The average Bonchev–Trinajstić information content (AvgIpc) is 2.76. The summed E-state index contributed by atoms with van der Waals surface area (Å²) < 4.78 is 0. The van der Waals surface area contributed by atoms with Crippen LogP contribution >= 0.6 is 0 Å². The van der Waals surface area contributed by atoms with Crippen LogP contribution < -0.4 is 5.32 Å². The van der Waals surface area contributed by atoms with Crippen molar-refractivity contribution in [3.63, 3.8) is 0 Å². The van der Waals surface area contributed by atoms with E-state index in [1.165, 1.54) is 32.1 Å². The Labute approximate surface area is 105 Å². The van der Waals surface area contributed by atoms with Gasteiger partial charge in [0.05, 0.1) is 5.92 Å². The van der Waals surface area contributed by atoms with Gasteiger partial charge in [0.1, 0.15) is 0 Å². The molecule has 2 atom stereocenters. The standard InChI is InChI=1S/C14H26N2O/c1-2-4-12-5-3-9-16(10-7-12)14(17)13-6-8-15-11-13/h12-13,15H,2-11H2,1H3. The van der Waals surface area contributed by atoms with Gasteiger partial charge in [0, 0.05) is 19.6 Å². The zero-order valence-corrected chi connectivity index (χ0v) is 11.1. The lowest BCUT2D eigenvalue weighted by molar-refractivity contribution is -0.134. The number of hydrogen-bond acceptors (Lipinski definition) is 2. The summed E-state index contributed by atoms with van der Waals surface area (Å²) >= 11 is 0. The van der Waals surface area contributed by atoms with E-state index in [0.29, 0.717) is 5.91 Å². The summed E-state index contributed by atoms with van der Waals surface area (Å²) in [4.78, 5) is 14.4. The van der Waals surface area contributed by atoms with E-state index in [9.17, 15) is 4.79 Å². The van der Waals surface area contributed by atoms with Crippen molar-refractivity contribution in [3.8, 4) is 0 Å². The fourth-order valence-electron chi connectivity index (χ4n) is 3.21. The number of nitrogens with one attached hydrogen (secondary N) is 1. The minimum absolute atomic E-state index is 0.262. The third-order valence-electron chi connectivity index (χ3n) is 4.27. The van der Waals surface area contributed by atoms with Gasteiger partial charge in [0.2, 0.25) is 5.91 Å². The zero-order valence-electron chi connectivity index (χ0n) is 11.1. The summed E-state index contributed by atoms with van der Waals surface area (Å²) in [5.74, 6) is 1.53. The predicted molar refractivity (Wildman–Crippen MR) is 69.8 cm³/mol. The second-order valence-electron chi connectivity index (χ2n) is 5.60. The molecule has 0 aromatic carbocycles. The van der Waals surface area contributed by atoms with Crippen LogP contribution in [0.3, 0.4) is 0 Å². The molecule has 2 fully saturated rings. The van der Waals surface area contributed by atoms with Crippen LogP contribution in [-0.4, -0.2) is 37.0 Å². The molecule has 0 bridgehead atoms. The lowest BCUT2D eigenvalue weighted by Gasteiger charge is -2.23. The van der Waals surface area contributed by atoms with Crippen molar-refractivity contribution < 1.29 is 4.79 Å². The van der Waals surface area contributed by atoms with E-state index in [4.69, 9.17) is 0 Å². The Hall–Kier alpha value is -0.570. The minimum Gasteiger partial charge on any atom is -0.342 e. The Morgan fingerprint density at radius 2 is 2.18 bits per heavy atom. The van der Waals surface area contributed by atoms with Crippen molar-refractivity contribution in [2.75, 3.05) is 26.2 Å². The fraction of sp³-hybridized carbons (Fsp3) is 0.929. The summed E-state index contributed by atoms with van der Waals surface area (Å²) in [6.07, 6.45) is 7.41. The van der Waals surface area contributed by atoms with Gasteiger partial charge in [-0.25, -0.2) is 0 Å². The Kier molecular flexibility index (Phi) is 4.84. The average molecular weight is 238 g/mol. The van der Waals surface area contributed by atoms with Crippen LogP contribution in [-0.2, 0) is 4.79 Å². The molecule has 2 unspecified atom stereocenters. The molecule has 0 spiro atoms. The number of amides is 1. The molecule has 0 aromatic heterocycles. The van der Waals surface area contributed by atoms with Gasteiger partial charge in [-0.05, 0) is 38.1 Å². The van der Waals surface area contributed by atoms with E-state index in [-0.39, 0.29) is 5.92 Å². The highest BCUT2D eigenvalue weighted by Gasteiger charge is 2.28. The first-order chi connectivity index (χ1) is 8.31. The molecule has 2 saturated heterocycles. The predicted octanol–water partition coefficient (Wildman–Crippen LogP) is 2.02. The number of rotatable bonds is 3. The van der Waals surface area contributed by atoms with Gasteiger partial charge >= 0.3 is 0 Å². The molecule has 2 rings (SSSR count). The second kappa shape index (κ2) is 6.39. The van der Waals surface area contributed by atoms with E-state index >= 15 is 0 Å². The first-order valence-electron chi connectivity index (χ1n) is 7.30. The largest absolute Gasteiger partial charge is 0.342 e. The monoisotopic (exact) mass is 238 g/mol. The van der Waals surface area contributed by atoms with Gasteiger partial charge in [-0.1, -0.05) is 19.8 Å². The second-order valence-corrected chi connectivity index (χ2v) is 5.60. The summed E-state index contributed by atoms with van der Waals surface area (Å²) in [6.45, 7) is 6.17. The number of carbonyl (C=O) groups is 1. The van der Waals surface area contributed by atoms with Gasteiger partial charge in [0.25, 0.3) is 0 Å². The summed E-state index contributed by atoms with van der Waals surface area (Å²) in [6, 6.07) is 0. The molecule has 0 aliphatic carbocycles. The van der Waals surface area contributed by atoms with E-state index in [2.05, 4.69) is 17.1 Å². The fourth-order valence-corrected chi connectivity index (χ4v) is 3.21. The van der Waals surface area contributed by atoms with Crippen molar-refractivity contribution in [2.45, 2.75) is 45.4 Å². The van der Waals surface area contributed by atoms with Crippen LogP contribution in [0, 0.1) is 11.8 Å². The van der Waals surface area contributed by atoms with Crippen molar-refractivity contribution in [3.05, 3.63) is 0 Å². The van der Waals surface area contributed by atoms with Crippen LogP contribution in [0.25, 0.3) is 0 Å². The molecule has 3 heteroatoms. The molecule has 17 heavy (non-hydrogen) atoms. The summed E-state index contributed by atoms with van der Waals surface area (Å²) in [7, 11) is 0. The summed E-state index contributed by atoms with van der Waals surface area (Å²) in [5.41, 5.74) is 0. The third-order valence-corrected chi connectivity index (χ3v) is 4.27. The van der Waals surface area contributed by atoms with E-state index in [1.807, 2.05) is 0 Å². The van der Waals surface area contributed by atoms with Crippen LogP contribution in [0.1, 0.15) is 45.4 Å². The van der Waals surface area contributed by atoms with Crippen molar-refractivity contribution in [1.82, 2.24) is 10.2 Å². The SMILES string of the molecule is CCCC1CCCN(C(=O)C2CCNC2)CC1. The Morgan fingerprint density at radius 3 is 2.88 bits per heavy atom. The first-order valence-corrected chi connectivity index (χ1v) is 7.30. The lowest BCUT2D eigenvalue weighted by Crippen LogP contribution is -2.37. The topological polar surface area (TPSA) is 32.3 Å². The third kappa shape index (κ3) is 3.44. The number of carbonyl (C=O) groups excluding carboxylic acids is 1. The molecule has 0 saturated carbocycles. The molecule has 0 radical (unpaired) electrons. The molecule has 2 aliphatic rings. The maximum absolute atomic E-state index is 12.3. The normalized spacial score (nSPS) is 30.3. The van der Waals surface area contributed by atoms with Gasteiger partial charge < -0.3 is 10.2 Å². The molecular formula is C14H26N2O. The van der Waals surface area contributed by atoms with Crippen molar-refractivity contribution >= 4 is 5.91 Å². The molecular weight excluding hydrogens is 212 g/mol. The summed E-state index contributed by atoms with van der Waals surface area (Å²) in [5, 5.41) is 3.29. The first kappa shape index (κ1) is 12.9.